The van der Waals surface area contributed by atoms with E-state index in [9.17, 15) is 19.0 Å². The molecule has 2 saturated heterocycles. The maximum atomic E-state index is 12.2. The van der Waals surface area contributed by atoms with Gasteiger partial charge < -0.3 is 4.89 Å². The van der Waals surface area contributed by atoms with Crippen LogP contribution in [0.15, 0.2) is 22.4 Å². The summed E-state index contributed by atoms with van der Waals surface area (Å²) < 4.78 is 20.6. The predicted molar refractivity (Wildman–Crippen MR) is 101 cm³/mol. The first kappa shape index (κ1) is 21.1. The summed E-state index contributed by atoms with van der Waals surface area (Å²) in [4.78, 5) is 36.3. The molecule has 2 heterocycles. The topological polar surface area (TPSA) is 121 Å². The van der Waals surface area contributed by atoms with Crippen molar-refractivity contribution in [2.45, 2.75) is 24.5 Å². The van der Waals surface area contributed by atoms with Gasteiger partial charge in [0.05, 0.1) is 5.25 Å². The zero-order valence-corrected chi connectivity index (χ0v) is 17.1. The summed E-state index contributed by atoms with van der Waals surface area (Å²) in [6, 6.07) is 0. The summed E-state index contributed by atoms with van der Waals surface area (Å²) >= 11 is 2.08. The van der Waals surface area contributed by atoms with Crippen molar-refractivity contribution in [2.24, 2.45) is 10.2 Å². The van der Waals surface area contributed by atoms with Gasteiger partial charge in [0.25, 0.3) is 5.91 Å². The van der Waals surface area contributed by atoms with E-state index in [1.54, 1.807) is 13.8 Å². The Morgan fingerprint density at radius 1 is 1.31 bits per heavy atom. The first-order valence-corrected chi connectivity index (χ1v) is 10.6. The normalized spacial score (nSPS) is 29.1. The quantitative estimate of drug-likeness (QED) is 0.388. The molecule has 2 fully saturated rings. The first-order valence-electron chi connectivity index (χ1n) is 7.35. The second-order valence-electron chi connectivity index (χ2n) is 5.51. The average Bonchev–Trinajstić information content (AvgIpc) is 2.97. The summed E-state index contributed by atoms with van der Waals surface area (Å²) in [6.07, 6.45) is 0. The molecule has 2 rings (SSSR count). The van der Waals surface area contributed by atoms with Gasteiger partial charge in [-0.05, 0) is 25.6 Å². The van der Waals surface area contributed by atoms with Crippen LogP contribution in [0.5, 0.6) is 0 Å². The van der Waals surface area contributed by atoms with Crippen molar-refractivity contribution in [3.8, 4) is 0 Å². The number of phosphoric ester groups is 1. The van der Waals surface area contributed by atoms with E-state index in [0.717, 1.165) is 29.3 Å². The van der Waals surface area contributed by atoms with E-state index in [0.29, 0.717) is 11.7 Å². The summed E-state index contributed by atoms with van der Waals surface area (Å²) in [5.41, 5.74) is -0.472. The molecule has 0 spiro atoms. The largest absolute Gasteiger partial charge is 0.473 e. The fraction of sp³-hybridized carbons (Fsp3) is 0.538. The van der Waals surface area contributed by atoms with Gasteiger partial charge in [0.1, 0.15) is 0 Å². The smallest absolute Gasteiger partial charge is 0.302 e. The highest BCUT2D eigenvalue weighted by Crippen LogP contribution is 2.47. The van der Waals surface area contributed by atoms with Gasteiger partial charge in [-0.25, -0.2) is 4.57 Å². The number of carbonyl (C=O) groups is 2. The molecule has 1 N–H and O–H groups in total. The molecule has 0 aromatic heterocycles. The molecule has 26 heavy (non-hydrogen) atoms. The lowest BCUT2D eigenvalue weighted by molar-refractivity contribution is -0.129. The average molecular weight is 422 g/mol. The minimum Gasteiger partial charge on any atom is -0.302 e. The Kier molecular flexibility index (Phi) is 6.70. The van der Waals surface area contributed by atoms with Crippen molar-refractivity contribution < 1.29 is 28.1 Å². The van der Waals surface area contributed by atoms with E-state index < -0.39 is 19.2 Å². The van der Waals surface area contributed by atoms with Crippen molar-refractivity contribution in [3.05, 3.63) is 12.2 Å². The third-order valence-electron chi connectivity index (χ3n) is 3.27. The van der Waals surface area contributed by atoms with Crippen molar-refractivity contribution in [1.29, 1.82) is 0 Å². The van der Waals surface area contributed by atoms with Gasteiger partial charge in [0, 0.05) is 20.7 Å². The van der Waals surface area contributed by atoms with Gasteiger partial charge in [0.15, 0.2) is 10.3 Å². The third-order valence-corrected chi connectivity index (χ3v) is 6.49. The predicted octanol–water partition coefficient (Wildman–Crippen LogP) is 1.45. The number of hydrogen-bond donors (Lipinski definition) is 1. The summed E-state index contributed by atoms with van der Waals surface area (Å²) in [7, 11) is -1.88. The van der Waals surface area contributed by atoms with Crippen molar-refractivity contribution in [3.63, 3.8) is 0 Å². The molecule has 0 aromatic carbocycles. The fourth-order valence-corrected chi connectivity index (χ4v) is 4.58. The van der Waals surface area contributed by atoms with Crippen LogP contribution in [0, 0.1) is 0 Å². The van der Waals surface area contributed by atoms with Gasteiger partial charge >= 0.3 is 7.82 Å². The monoisotopic (exact) mass is 422 g/mol. The van der Waals surface area contributed by atoms with Crippen LogP contribution in [0.25, 0.3) is 0 Å². The van der Waals surface area contributed by atoms with E-state index in [1.807, 2.05) is 0 Å². The first-order chi connectivity index (χ1) is 12.1. The summed E-state index contributed by atoms with van der Waals surface area (Å²) in [5, 5.41) is 8.36. The Labute approximate surface area is 159 Å². The standard InChI is InChI=1S/C13H19N4O6PS2/c1-7(2)6-17-9(18)8(3)25-13(17)15-14-12-16(4)10(19)11(26-12)23-24(20,21)22-5/h8,11H,1,6H2,2-5H3,(H,20,21). The molecule has 0 saturated carbocycles. The molecule has 144 valence electrons. The number of amidine groups is 2. The van der Waals surface area contributed by atoms with Crippen molar-refractivity contribution in [1.82, 2.24) is 9.80 Å². The lowest BCUT2D eigenvalue weighted by atomic mass is 10.3. The maximum absolute atomic E-state index is 12.2. The van der Waals surface area contributed by atoms with Crippen molar-refractivity contribution >= 4 is 53.5 Å². The van der Waals surface area contributed by atoms with Crippen molar-refractivity contribution in [2.75, 3.05) is 20.7 Å². The van der Waals surface area contributed by atoms with E-state index in [-0.39, 0.29) is 16.3 Å². The Balaban J connectivity index is 2.19. The highest BCUT2D eigenvalue weighted by Gasteiger charge is 2.42. The molecule has 0 radical (unpaired) electrons. The van der Waals surface area contributed by atoms with Crippen LogP contribution in [-0.4, -0.2) is 68.2 Å². The molecule has 0 aliphatic carbocycles. The molecule has 3 atom stereocenters. The molecule has 10 nitrogen and oxygen atoms in total. The van der Waals surface area contributed by atoms with Gasteiger partial charge in [-0.2, -0.15) is 0 Å². The molecule has 3 unspecified atom stereocenters. The zero-order valence-electron chi connectivity index (χ0n) is 14.6. The van der Waals surface area contributed by atoms with Gasteiger partial charge in [-0.1, -0.05) is 23.9 Å². The second-order valence-corrected chi connectivity index (χ2v) is 9.36. The van der Waals surface area contributed by atoms with Crippen LogP contribution in [-0.2, 0) is 23.2 Å². The van der Waals surface area contributed by atoms with Crippen LogP contribution in [0.1, 0.15) is 13.8 Å². The highest BCUT2D eigenvalue weighted by molar-refractivity contribution is 8.16. The molecule has 2 amide bonds. The molecule has 13 heteroatoms. The molecule has 0 bridgehead atoms. The molecular weight excluding hydrogens is 403 g/mol. The van der Waals surface area contributed by atoms with Gasteiger partial charge in [0.2, 0.25) is 11.3 Å². The van der Waals surface area contributed by atoms with Crippen LogP contribution >= 0.6 is 31.3 Å². The minimum absolute atomic E-state index is 0.0945. The third kappa shape index (κ3) is 4.76. The summed E-state index contributed by atoms with van der Waals surface area (Å²) in [6.45, 7) is 7.69. The van der Waals surface area contributed by atoms with Crippen LogP contribution in [0.3, 0.4) is 0 Å². The number of likely N-dealkylation sites (N-methyl/N-ethyl adjacent to an activating group) is 1. The van der Waals surface area contributed by atoms with Gasteiger partial charge in [-0.15, -0.1) is 10.2 Å². The number of carbonyl (C=O) groups excluding carboxylic acids is 2. The minimum atomic E-state index is -4.32. The van der Waals surface area contributed by atoms with E-state index in [1.165, 1.54) is 23.7 Å². The lowest BCUT2D eigenvalue weighted by Gasteiger charge is -2.15. The SMILES string of the molecule is C=C(C)CN1C(=O)C(C)SC1=NN=C1SC(OP(=O)(O)OC)C(=O)N1C. The van der Waals surface area contributed by atoms with E-state index in [2.05, 4.69) is 21.3 Å². The Bertz CT molecular complexity index is 742. The number of hydrogen-bond acceptors (Lipinski definition) is 9. The van der Waals surface area contributed by atoms with Gasteiger partial charge in [-0.3, -0.25) is 28.4 Å². The maximum Gasteiger partial charge on any atom is 0.473 e. The molecular formula is C13H19N4O6PS2. The molecule has 2 aliphatic rings. The van der Waals surface area contributed by atoms with E-state index >= 15 is 0 Å². The molecule has 0 aromatic rings. The fourth-order valence-electron chi connectivity index (χ4n) is 1.96. The second kappa shape index (κ2) is 8.24. The summed E-state index contributed by atoms with van der Waals surface area (Å²) in [5.74, 6) is -0.662. The van der Waals surface area contributed by atoms with Crippen LogP contribution in [0.2, 0.25) is 0 Å². The highest BCUT2D eigenvalue weighted by atomic mass is 32.2. The Morgan fingerprint density at radius 3 is 2.50 bits per heavy atom. The van der Waals surface area contributed by atoms with Crippen LogP contribution in [0.4, 0.5) is 0 Å². The number of amides is 2. The number of phosphoric acid groups is 1. The zero-order chi connectivity index (χ0) is 19.6. The number of thioether (sulfide) groups is 2. The Morgan fingerprint density at radius 2 is 1.92 bits per heavy atom. The lowest BCUT2D eigenvalue weighted by Crippen LogP contribution is -2.32. The molecule has 2 aliphatic heterocycles. The number of nitrogens with zero attached hydrogens (tertiary/aromatic N) is 4. The van der Waals surface area contributed by atoms with Crippen LogP contribution < -0.4 is 0 Å². The number of rotatable bonds is 6. The van der Waals surface area contributed by atoms with E-state index in [4.69, 9.17) is 4.52 Å². The Hall–Kier alpha value is -1.17.